The Morgan fingerprint density at radius 2 is 1.86 bits per heavy atom. The monoisotopic (exact) mass is 423 g/mol. The standard InChI is InChI=1S/C18H25N5O5S/c24-18-19-7-11-22(18)15-4-3-8-20(13-15)16-6-5-14(23(25)26)12-17(16)29(27,28)21-9-1-2-10-21/h5-6,12,15H,1-4,7-11,13H2,(H,19,24). The number of nitrogens with one attached hydrogen (secondary N) is 1. The van der Waals surface area contributed by atoms with Crippen LogP contribution in [0.4, 0.5) is 16.2 Å². The molecule has 1 unspecified atom stereocenters. The minimum atomic E-state index is -3.83. The molecule has 0 bridgehead atoms. The maximum atomic E-state index is 13.3. The Morgan fingerprint density at radius 3 is 2.52 bits per heavy atom. The van der Waals surface area contributed by atoms with Crippen molar-refractivity contribution in [1.29, 1.82) is 0 Å². The number of carbonyl (C=O) groups is 1. The first-order valence-corrected chi connectivity index (χ1v) is 11.4. The van der Waals surface area contributed by atoms with E-state index in [4.69, 9.17) is 0 Å². The number of piperidine rings is 1. The average molecular weight is 423 g/mol. The summed E-state index contributed by atoms with van der Waals surface area (Å²) in [5.74, 6) is 0. The molecule has 2 amide bonds. The highest BCUT2D eigenvalue weighted by Gasteiger charge is 2.36. The lowest BCUT2D eigenvalue weighted by Gasteiger charge is -2.39. The second-order valence-corrected chi connectivity index (χ2v) is 9.59. The van der Waals surface area contributed by atoms with Gasteiger partial charge in [0.25, 0.3) is 5.69 Å². The lowest BCUT2D eigenvalue weighted by atomic mass is 10.0. The van der Waals surface area contributed by atoms with Gasteiger partial charge < -0.3 is 15.1 Å². The number of sulfonamides is 1. The summed E-state index contributed by atoms with van der Waals surface area (Å²) in [5.41, 5.74) is 0.241. The van der Waals surface area contributed by atoms with Crippen molar-refractivity contribution < 1.29 is 18.1 Å². The molecule has 3 heterocycles. The number of hydrogen-bond donors (Lipinski definition) is 1. The number of nitro groups is 1. The van der Waals surface area contributed by atoms with Gasteiger partial charge in [-0.25, -0.2) is 13.2 Å². The predicted octanol–water partition coefficient (Wildman–Crippen LogP) is 1.37. The van der Waals surface area contributed by atoms with E-state index in [1.807, 2.05) is 4.90 Å². The fourth-order valence-electron chi connectivity index (χ4n) is 4.41. The van der Waals surface area contributed by atoms with Crippen molar-refractivity contribution in [2.24, 2.45) is 0 Å². The summed E-state index contributed by atoms with van der Waals surface area (Å²) in [6, 6.07) is 3.96. The van der Waals surface area contributed by atoms with Crippen LogP contribution in [0.25, 0.3) is 0 Å². The first kappa shape index (κ1) is 19.9. The number of hydrogen-bond acceptors (Lipinski definition) is 6. The third-order valence-electron chi connectivity index (χ3n) is 5.90. The van der Waals surface area contributed by atoms with Crippen molar-refractivity contribution in [1.82, 2.24) is 14.5 Å². The molecule has 3 saturated heterocycles. The van der Waals surface area contributed by atoms with Crippen LogP contribution >= 0.6 is 0 Å². The van der Waals surface area contributed by atoms with E-state index in [0.717, 1.165) is 25.7 Å². The Bertz CT molecular complexity index is 915. The molecule has 0 spiro atoms. The molecule has 3 fully saturated rings. The topological polar surface area (TPSA) is 116 Å². The van der Waals surface area contributed by atoms with E-state index in [1.165, 1.54) is 22.5 Å². The number of non-ortho nitro benzene ring substituents is 1. The van der Waals surface area contributed by atoms with Gasteiger partial charge in [0, 0.05) is 51.4 Å². The third kappa shape index (κ3) is 3.76. The Balaban J connectivity index is 1.69. The molecule has 158 valence electrons. The number of benzene rings is 1. The molecule has 0 aromatic heterocycles. The molecule has 4 rings (SSSR count). The van der Waals surface area contributed by atoms with Crippen molar-refractivity contribution in [2.75, 3.05) is 44.2 Å². The quantitative estimate of drug-likeness (QED) is 0.565. The fraction of sp³-hybridized carbons (Fsp3) is 0.611. The van der Waals surface area contributed by atoms with Gasteiger partial charge in [0.15, 0.2) is 0 Å². The second-order valence-electron chi connectivity index (χ2n) is 7.69. The summed E-state index contributed by atoms with van der Waals surface area (Å²) in [4.78, 5) is 26.5. The van der Waals surface area contributed by atoms with Crippen molar-refractivity contribution in [3.05, 3.63) is 28.3 Å². The van der Waals surface area contributed by atoms with E-state index in [2.05, 4.69) is 5.32 Å². The molecule has 0 aliphatic carbocycles. The first-order valence-electron chi connectivity index (χ1n) is 9.96. The van der Waals surface area contributed by atoms with Gasteiger partial charge in [-0.05, 0) is 31.7 Å². The van der Waals surface area contributed by atoms with Gasteiger partial charge in [-0.1, -0.05) is 0 Å². The van der Waals surface area contributed by atoms with Gasteiger partial charge in [0.05, 0.1) is 16.7 Å². The van der Waals surface area contributed by atoms with Crippen LogP contribution in [-0.4, -0.2) is 73.9 Å². The largest absolute Gasteiger partial charge is 0.368 e. The van der Waals surface area contributed by atoms with Crippen LogP contribution in [0.5, 0.6) is 0 Å². The molecule has 3 aliphatic heterocycles. The number of rotatable bonds is 5. The van der Waals surface area contributed by atoms with E-state index < -0.39 is 14.9 Å². The molecule has 3 aliphatic rings. The molecule has 29 heavy (non-hydrogen) atoms. The van der Waals surface area contributed by atoms with E-state index in [1.54, 1.807) is 4.90 Å². The minimum Gasteiger partial charge on any atom is -0.368 e. The Kier molecular flexibility index (Phi) is 5.34. The van der Waals surface area contributed by atoms with Crippen LogP contribution in [0.3, 0.4) is 0 Å². The Morgan fingerprint density at radius 1 is 1.10 bits per heavy atom. The molecule has 11 heteroatoms. The van der Waals surface area contributed by atoms with Gasteiger partial charge in [0.1, 0.15) is 4.90 Å². The summed E-state index contributed by atoms with van der Waals surface area (Å²) >= 11 is 0. The van der Waals surface area contributed by atoms with Crippen LogP contribution in [0.2, 0.25) is 0 Å². The number of amides is 2. The maximum Gasteiger partial charge on any atom is 0.317 e. The highest BCUT2D eigenvalue weighted by molar-refractivity contribution is 7.89. The molecular formula is C18H25N5O5S. The zero-order chi connectivity index (χ0) is 20.6. The van der Waals surface area contributed by atoms with Crippen LogP contribution in [0.1, 0.15) is 25.7 Å². The Hall–Kier alpha value is -2.40. The highest BCUT2D eigenvalue weighted by Crippen LogP contribution is 2.35. The smallest absolute Gasteiger partial charge is 0.317 e. The lowest BCUT2D eigenvalue weighted by Crippen LogP contribution is -2.49. The summed E-state index contributed by atoms with van der Waals surface area (Å²) in [6.45, 7) is 3.26. The number of nitrogens with zero attached hydrogens (tertiary/aromatic N) is 4. The third-order valence-corrected chi connectivity index (χ3v) is 7.83. The Labute approximate surface area is 169 Å². The molecule has 1 atom stereocenters. The predicted molar refractivity (Wildman–Crippen MR) is 106 cm³/mol. The van der Waals surface area contributed by atoms with Crippen LogP contribution in [-0.2, 0) is 10.0 Å². The number of anilines is 1. The normalized spacial score (nSPS) is 23.4. The summed E-state index contributed by atoms with van der Waals surface area (Å²) in [7, 11) is -3.83. The van der Waals surface area contributed by atoms with Crippen molar-refractivity contribution >= 4 is 27.4 Å². The molecule has 10 nitrogen and oxygen atoms in total. The number of nitro benzene ring substituents is 1. The fourth-order valence-corrected chi connectivity index (χ4v) is 6.16. The summed E-state index contributed by atoms with van der Waals surface area (Å²) < 4.78 is 27.9. The zero-order valence-electron chi connectivity index (χ0n) is 16.1. The average Bonchev–Trinajstić information content (AvgIpc) is 3.40. The van der Waals surface area contributed by atoms with E-state index in [-0.39, 0.29) is 22.7 Å². The van der Waals surface area contributed by atoms with Gasteiger partial charge in [0.2, 0.25) is 10.0 Å². The first-order chi connectivity index (χ1) is 13.9. The maximum absolute atomic E-state index is 13.3. The second kappa shape index (κ2) is 7.79. The van der Waals surface area contributed by atoms with E-state index in [0.29, 0.717) is 45.0 Å². The van der Waals surface area contributed by atoms with Gasteiger partial charge >= 0.3 is 6.03 Å². The zero-order valence-corrected chi connectivity index (χ0v) is 16.9. The van der Waals surface area contributed by atoms with Crippen LogP contribution in [0.15, 0.2) is 23.1 Å². The molecule has 1 N–H and O–H groups in total. The van der Waals surface area contributed by atoms with E-state index >= 15 is 0 Å². The van der Waals surface area contributed by atoms with Crippen LogP contribution < -0.4 is 10.2 Å². The molecular weight excluding hydrogens is 398 g/mol. The van der Waals surface area contributed by atoms with Gasteiger partial charge in [-0.3, -0.25) is 10.1 Å². The minimum absolute atomic E-state index is 0.0104. The van der Waals surface area contributed by atoms with Crippen molar-refractivity contribution in [3.63, 3.8) is 0 Å². The lowest BCUT2D eigenvalue weighted by molar-refractivity contribution is -0.385. The van der Waals surface area contributed by atoms with Crippen LogP contribution in [0, 0.1) is 10.1 Å². The SMILES string of the molecule is O=C1NCCN1C1CCCN(c2ccc([N+](=O)[O-])cc2S(=O)(=O)N2CCCC2)C1. The van der Waals surface area contributed by atoms with Gasteiger partial charge in [-0.15, -0.1) is 0 Å². The van der Waals surface area contributed by atoms with Gasteiger partial charge in [-0.2, -0.15) is 4.31 Å². The molecule has 1 aromatic rings. The number of urea groups is 1. The van der Waals surface area contributed by atoms with E-state index in [9.17, 15) is 23.3 Å². The number of carbonyl (C=O) groups excluding carboxylic acids is 1. The molecule has 1 aromatic carbocycles. The highest BCUT2D eigenvalue weighted by atomic mass is 32.2. The summed E-state index contributed by atoms with van der Waals surface area (Å²) in [6.07, 6.45) is 3.25. The summed E-state index contributed by atoms with van der Waals surface area (Å²) in [5, 5.41) is 14.1. The molecule has 0 radical (unpaired) electrons. The molecule has 0 saturated carbocycles. The van der Waals surface area contributed by atoms with Crippen molar-refractivity contribution in [2.45, 2.75) is 36.6 Å². The van der Waals surface area contributed by atoms with Crippen molar-refractivity contribution in [3.8, 4) is 0 Å².